The molecule has 37 heavy (non-hydrogen) atoms. The lowest BCUT2D eigenvalue weighted by Crippen LogP contribution is -2.31. The van der Waals surface area contributed by atoms with E-state index in [9.17, 15) is 4.79 Å². The molecule has 1 aliphatic rings. The zero-order chi connectivity index (χ0) is 26.0. The largest absolute Gasteiger partial charge is 0.457 e. The van der Waals surface area contributed by atoms with Gasteiger partial charge in [0, 0.05) is 61.9 Å². The number of esters is 1. The highest BCUT2D eigenvalue weighted by atomic mass is 16.6. The van der Waals surface area contributed by atoms with Crippen LogP contribution in [0.5, 0.6) is 11.5 Å². The maximum absolute atomic E-state index is 13.2. The van der Waals surface area contributed by atoms with Crippen LogP contribution in [-0.2, 0) is 10.3 Å². The maximum Gasteiger partial charge on any atom is 0.341 e. The van der Waals surface area contributed by atoms with E-state index in [2.05, 4.69) is 35.9 Å². The number of anilines is 2. The van der Waals surface area contributed by atoms with Crippen molar-refractivity contribution in [3.63, 3.8) is 0 Å². The molecule has 4 aromatic rings. The number of hydrogen-bond donors (Lipinski definition) is 0. The number of carbonyl (C=O) groups excluding carboxylic acids is 1. The van der Waals surface area contributed by atoms with Gasteiger partial charge in [0.2, 0.25) is 5.60 Å². The van der Waals surface area contributed by atoms with Crippen LogP contribution >= 0.6 is 0 Å². The summed E-state index contributed by atoms with van der Waals surface area (Å²) in [7, 11) is 3.96. The average molecular weight is 494 g/mol. The number of hydrogen-bond acceptors (Lipinski definition) is 6. The zero-order valence-corrected chi connectivity index (χ0v) is 21.6. The van der Waals surface area contributed by atoms with E-state index in [1.807, 2.05) is 79.7 Å². The van der Waals surface area contributed by atoms with Crippen LogP contribution in [0.1, 0.15) is 41.0 Å². The highest BCUT2D eigenvalue weighted by molar-refractivity contribution is 5.95. The number of aromatic nitrogens is 1. The molecule has 0 aliphatic carbocycles. The summed E-state index contributed by atoms with van der Waals surface area (Å²) < 4.78 is 12.8. The van der Waals surface area contributed by atoms with Crippen molar-refractivity contribution in [3.05, 3.63) is 114 Å². The molecule has 0 radical (unpaired) electrons. The first-order valence-corrected chi connectivity index (χ1v) is 12.6. The van der Waals surface area contributed by atoms with Crippen molar-refractivity contribution >= 4 is 17.3 Å². The van der Waals surface area contributed by atoms with Crippen LogP contribution < -0.4 is 14.5 Å². The fourth-order valence-electron chi connectivity index (χ4n) is 4.90. The van der Waals surface area contributed by atoms with Crippen molar-refractivity contribution < 1.29 is 14.3 Å². The monoisotopic (exact) mass is 493 g/mol. The van der Waals surface area contributed by atoms with Crippen molar-refractivity contribution in [1.82, 2.24) is 4.98 Å². The van der Waals surface area contributed by atoms with Crippen LogP contribution in [0.2, 0.25) is 0 Å². The predicted molar refractivity (Wildman–Crippen MR) is 147 cm³/mol. The first-order chi connectivity index (χ1) is 18.0. The first-order valence-electron chi connectivity index (χ1n) is 12.6. The van der Waals surface area contributed by atoms with E-state index in [0.717, 1.165) is 30.0 Å². The van der Waals surface area contributed by atoms with Gasteiger partial charge in [0.05, 0.1) is 5.56 Å². The minimum atomic E-state index is -1.26. The van der Waals surface area contributed by atoms with Crippen LogP contribution in [0, 0.1) is 0 Å². The molecule has 5 rings (SSSR count). The molecular weight excluding hydrogens is 462 g/mol. The lowest BCUT2D eigenvalue weighted by atomic mass is 9.82. The van der Waals surface area contributed by atoms with Crippen molar-refractivity contribution in [3.8, 4) is 11.5 Å². The minimum Gasteiger partial charge on any atom is -0.457 e. The van der Waals surface area contributed by atoms with Gasteiger partial charge in [-0.2, -0.15) is 0 Å². The lowest BCUT2D eigenvalue weighted by Gasteiger charge is -2.32. The molecule has 0 fully saturated rings. The number of rotatable bonds is 8. The van der Waals surface area contributed by atoms with Gasteiger partial charge in [0.25, 0.3) is 0 Å². The number of ether oxygens (including phenoxy) is 2. The summed E-state index contributed by atoms with van der Waals surface area (Å²) in [6.07, 6.45) is 1.70. The summed E-state index contributed by atoms with van der Waals surface area (Å²) in [4.78, 5) is 22.2. The van der Waals surface area contributed by atoms with E-state index in [1.165, 1.54) is 0 Å². The molecule has 1 atom stereocenters. The summed E-state index contributed by atoms with van der Waals surface area (Å²) in [5, 5.41) is 0. The van der Waals surface area contributed by atoms with Crippen molar-refractivity contribution in [2.75, 3.05) is 37.0 Å². The van der Waals surface area contributed by atoms with E-state index in [-0.39, 0.29) is 0 Å². The molecule has 2 heterocycles. The van der Waals surface area contributed by atoms with Gasteiger partial charge in [-0.1, -0.05) is 30.3 Å². The summed E-state index contributed by atoms with van der Waals surface area (Å²) in [5.41, 5.74) is 3.35. The summed E-state index contributed by atoms with van der Waals surface area (Å²) >= 11 is 0. The second kappa shape index (κ2) is 9.97. The van der Waals surface area contributed by atoms with Crippen LogP contribution in [0.3, 0.4) is 0 Å². The van der Waals surface area contributed by atoms with Crippen molar-refractivity contribution in [1.29, 1.82) is 0 Å². The van der Waals surface area contributed by atoms with Gasteiger partial charge in [-0.3, -0.25) is 4.98 Å². The molecule has 0 N–H and O–H groups in total. The van der Waals surface area contributed by atoms with Gasteiger partial charge in [0.1, 0.15) is 17.2 Å². The van der Waals surface area contributed by atoms with Gasteiger partial charge < -0.3 is 19.3 Å². The third kappa shape index (κ3) is 4.29. The highest BCUT2D eigenvalue weighted by Gasteiger charge is 2.51. The molecule has 0 amide bonds. The second-order valence-corrected chi connectivity index (χ2v) is 9.18. The second-order valence-electron chi connectivity index (χ2n) is 9.18. The number of para-hydroxylation sites is 1. The molecule has 1 aromatic heterocycles. The molecule has 6 nitrogen and oxygen atoms in total. The Bertz CT molecular complexity index is 1400. The van der Waals surface area contributed by atoms with Gasteiger partial charge in [-0.25, -0.2) is 4.79 Å². The topological polar surface area (TPSA) is 54.9 Å². The molecule has 188 valence electrons. The van der Waals surface area contributed by atoms with E-state index >= 15 is 0 Å². The molecule has 1 aliphatic heterocycles. The van der Waals surface area contributed by atoms with E-state index < -0.39 is 11.6 Å². The third-order valence-corrected chi connectivity index (χ3v) is 6.84. The number of nitrogens with zero attached hydrogens (tertiary/aromatic N) is 3. The van der Waals surface area contributed by atoms with Crippen molar-refractivity contribution in [2.45, 2.75) is 19.4 Å². The Morgan fingerprint density at radius 3 is 2.24 bits per heavy atom. The maximum atomic E-state index is 13.2. The standard InChI is InChI=1S/C31H31N3O3/c1-5-34(6-2)23-16-14-22(15-17-23)31(29-26(30(35)37-31)13-10-20-32-29)27-19-18-24(33(3)4)21-28(27)36-25-11-8-7-9-12-25/h7-21H,5-6H2,1-4H3. The molecular formula is C31H31N3O3. The van der Waals surface area contributed by atoms with Crippen LogP contribution in [0.4, 0.5) is 11.4 Å². The molecule has 0 saturated heterocycles. The van der Waals surface area contributed by atoms with Gasteiger partial charge >= 0.3 is 5.97 Å². The number of pyridine rings is 1. The summed E-state index contributed by atoms with van der Waals surface area (Å²) in [5.74, 6) is 0.882. The smallest absolute Gasteiger partial charge is 0.341 e. The van der Waals surface area contributed by atoms with Crippen LogP contribution in [0.25, 0.3) is 0 Å². The predicted octanol–water partition coefficient (Wildman–Crippen LogP) is 6.25. The minimum absolute atomic E-state index is 0.404. The first kappa shape index (κ1) is 24.4. The molecule has 0 saturated carbocycles. The van der Waals surface area contributed by atoms with Crippen LogP contribution in [0.15, 0.2) is 91.1 Å². The summed E-state index contributed by atoms with van der Waals surface area (Å²) in [6.45, 7) is 6.08. The average Bonchev–Trinajstić information content (AvgIpc) is 3.23. The Morgan fingerprint density at radius 2 is 1.57 bits per heavy atom. The number of carbonyl (C=O) groups is 1. The van der Waals surface area contributed by atoms with Crippen LogP contribution in [-0.4, -0.2) is 38.1 Å². The quantitative estimate of drug-likeness (QED) is 0.271. The van der Waals surface area contributed by atoms with Gasteiger partial charge in [-0.05, 0) is 62.4 Å². The van der Waals surface area contributed by atoms with E-state index in [4.69, 9.17) is 9.47 Å². The molecule has 6 heteroatoms. The van der Waals surface area contributed by atoms with Crippen molar-refractivity contribution in [2.24, 2.45) is 0 Å². The molecule has 0 spiro atoms. The fourth-order valence-corrected chi connectivity index (χ4v) is 4.90. The molecule has 3 aromatic carbocycles. The molecule has 1 unspecified atom stereocenters. The lowest BCUT2D eigenvalue weighted by molar-refractivity contribution is 0.0238. The third-order valence-electron chi connectivity index (χ3n) is 6.84. The number of cyclic esters (lactones) is 1. The normalized spacial score (nSPS) is 16.2. The van der Waals surface area contributed by atoms with Gasteiger partial charge in [0.15, 0.2) is 0 Å². The Hall–Kier alpha value is -4.32. The zero-order valence-electron chi connectivity index (χ0n) is 21.6. The Kier molecular flexibility index (Phi) is 6.57. The number of benzene rings is 3. The SMILES string of the molecule is CCN(CC)c1ccc(C2(c3ccc(N(C)C)cc3Oc3ccccc3)OC(=O)c3cccnc32)cc1. The Balaban J connectivity index is 1.75. The van der Waals surface area contributed by atoms with Gasteiger partial charge in [-0.15, -0.1) is 0 Å². The summed E-state index contributed by atoms with van der Waals surface area (Å²) in [6, 6.07) is 27.3. The van der Waals surface area contributed by atoms with E-state index in [0.29, 0.717) is 28.3 Å². The fraction of sp³-hybridized carbons (Fsp3) is 0.226. The molecule has 0 bridgehead atoms. The highest BCUT2D eigenvalue weighted by Crippen LogP contribution is 2.50. The Labute approximate surface area is 218 Å². The Morgan fingerprint density at radius 1 is 0.865 bits per heavy atom. The van der Waals surface area contributed by atoms with E-state index in [1.54, 1.807) is 18.3 Å². The number of fused-ring (bicyclic) bond motifs is 1.